The lowest BCUT2D eigenvalue weighted by Gasteiger charge is -2.24. The summed E-state index contributed by atoms with van der Waals surface area (Å²) in [6.45, 7) is 7.29. The molecule has 0 aromatic heterocycles. The Morgan fingerprint density at radius 2 is 1.62 bits per heavy atom. The molecule has 0 heterocycles. The van der Waals surface area contributed by atoms with Crippen LogP contribution in [0.2, 0.25) is 0 Å². The summed E-state index contributed by atoms with van der Waals surface area (Å²) < 4.78 is 0. The molecule has 1 aromatic rings. The standard InChI is InChI=1S/C15H23N3O2.ClH/c1-10(13(19)18-15(2,3)4)17-14(20)12(16)11-8-6-5-7-9-11;/h5-10,12H,16H2,1-4H3,(H,17,20)(H,18,19);1H. The molecule has 0 aliphatic rings. The van der Waals surface area contributed by atoms with Crippen molar-refractivity contribution in [2.45, 2.75) is 45.3 Å². The molecule has 2 atom stereocenters. The molecule has 2 amide bonds. The number of rotatable bonds is 4. The predicted octanol–water partition coefficient (Wildman–Crippen LogP) is 1.53. The summed E-state index contributed by atoms with van der Waals surface area (Å²) in [5.74, 6) is -0.598. The molecule has 4 N–H and O–H groups in total. The quantitative estimate of drug-likeness (QED) is 0.788. The molecular formula is C15H24ClN3O2. The molecule has 0 aliphatic heterocycles. The average Bonchev–Trinajstić information content (AvgIpc) is 2.36. The van der Waals surface area contributed by atoms with Gasteiger partial charge in [-0.15, -0.1) is 12.4 Å². The Labute approximate surface area is 132 Å². The summed E-state index contributed by atoms with van der Waals surface area (Å²) in [4.78, 5) is 23.9. The number of amides is 2. The zero-order valence-electron chi connectivity index (χ0n) is 12.8. The van der Waals surface area contributed by atoms with Crippen LogP contribution in [0.15, 0.2) is 30.3 Å². The monoisotopic (exact) mass is 313 g/mol. The summed E-state index contributed by atoms with van der Waals surface area (Å²) >= 11 is 0. The van der Waals surface area contributed by atoms with Crippen LogP contribution in [-0.4, -0.2) is 23.4 Å². The summed E-state index contributed by atoms with van der Waals surface area (Å²) in [6, 6.07) is 7.65. The lowest BCUT2D eigenvalue weighted by Crippen LogP contribution is -2.52. The Morgan fingerprint density at radius 1 is 1.10 bits per heavy atom. The number of hydrogen-bond acceptors (Lipinski definition) is 3. The fraction of sp³-hybridized carbons (Fsp3) is 0.467. The minimum atomic E-state index is -0.777. The Hall–Kier alpha value is -1.59. The normalized spacial score (nSPS) is 13.6. The van der Waals surface area contributed by atoms with Crippen molar-refractivity contribution in [2.75, 3.05) is 0 Å². The van der Waals surface area contributed by atoms with Crippen LogP contribution in [0.4, 0.5) is 0 Å². The molecule has 1 rings (SSSR count). The van der Waals surface area contributed by atoms with Crippen molar-refractivity contribution in [3.05, 3.63) is 35.9 Å². The van der Waals surface area contributed by atoms with Gasteiger partial charge in [-0.05, 0) is 33.3 Å². The minimum Gasteiger partial charge on any atom is -0.350 e. The lowest BCUT2D eigenvalue weighted by molar-refractivity contribution is -0.130. The maximum atomic E-state index is 12.0. The van der Waals surface area contributed by atoms with Crippen molar-refractivity contribution in [1.82, 2.24) is 10.6 Å². The zero-order chi connectivity index (χ0) is 15.3. The molecule has 1 aromatic carbocycles. The van der Waals surface area contributed by atoms with Gasteiger partial charge in [0.05, 0.1) is 0 Å². The Bertz CT molecular complexity index is 472. The maximum absolute atomic E-state index is 12.0. The maximum Gasteiger partial charge on any atom is 0.242 e. The Balaban J connectivity index is 0.00000400. The fourth-order valence-electron chi connectivity index (χ4n) is 1.66. The summed E-state index contributed by atoms with van der Waals surface area (Å²) in [5, 5.41) is 5.43. The number of hydrogen-bond donors (Lipinski definition) is 3. The lowest BCUT2D eigenvalue weighted by atomic mass is 10.1. The van der Waals surface area contributed by atoms with Gasteiger partial charge >= 0.3 is 0 Å². The molecule has 6 heteroatoms. The van der Waals surface area contributed by atoms with Gasteiger partial charge in [0.15, 0.2) is 0 Å². The van der Waals surface area contributed by atoms with Gasteiger partial charge in [-0.1, -0.05) is 30.3 Å². The highest BCUT2D eigenvalue weighted by atomic mass is 35.5. The molecule has 0 bridgehead atoms. The summed E-state index contributed by atoms with van der Waals surface area (Å²) in [6.07, 6.45) is 0. The fourth-order valence-corrected chi connectivity index (χ4v) is 1.66. The molecule has 0 radical (unpaired) electrons. The highest BCUT2D eigenvalue weighted by Gasteiger charge is 2.23. The third kappa shape index (κ3) is 6.60. The van der Waals surface area contributed by atoms with Gasteiger partial charge in [0.1, 0.15) is 12.1 Å². The Kier molecular flexibility index (Phi) is 7.39. The van der Waals surface area contributed by atoms with Crippen molar-refractivity contribution in [3.8, 4) is 0 Å². The van der Waals surface area contributed by atoms with E-state index in [0.29, 0.717) is 5.56 Å². The van der Waals surface area contributed by atoms with Gasteiger partial charge in [-0.3, -0.25) is 9.59 Å². The second-order valence-electron chi connectivity index (χ2n) is 5.86. The Morgan fingerprint density at radius 3 is 2.10 bits per heavy atom. The van der Waals surface area contributed by atoms with E-state index in [-0.39, 0.29) is 29.8 Å². The molecule has 2 unspecified atom stereocenters. The first-order valence-corrected chi connectivity index (χ1v) is 6.63. The number of nitrogens with two attached hydrogens (primary N) is 1. The van der Waals surface area contributed by atoms with E-state index in [0.717, 1.165) is 0 Å². The smallest absolute Gasteiger partial charge is 0.242 e. The van der Waals surface area contributed by atoms with Crippen molar-refractivity contribution in [1.29, 1.82) is 0 Å². The highest BCUT2D eigenvalue weighted by Crippen LogP contribution is 2.09. The molecule has 21 heavy (non-hydrogen) atoms. The summed E-state index contributed by atoms with van der Waals surface area (Å²) in [5.41, 5.74) is 6.25. The van der Waals surface area contributed by atoms with Crippen LogP contribution in [0.5, 0.6) is 0 Å². The number of carbonyl (C=O) groups excluding carboxylic acids is 2. The van der Waals surface area contributed by atoms with Crippen LogP contribution in [0.3, 0.4) is 0 Å². The molecule has 0 saturated heterocycles. The molecular weight excluding hydrogens is 290 g/mol. The van der Waals surface area contributed by atoms with Crippen LogP contribution in [0.25, 0.3) is 0 Å². The number of carbonyl (C=O) groups is 2. The minimum absolute atomic E-state index is 0. The van der Waals surface area contributed by atoms with Gasteiger partial charge in [0.2, 0.25) is 11.8 Å². The van der Waals surface area contributed by atoms with Gasteiger partial charge in [0, 0.05) is 5.54 Å². The molecule has 0 fully saturated rings. The van der Waals surface area contributed by atoms with E-state index in [9.17, 15) is 9.59 Å². The topological polar surface area (TPSA) is 84.2 Å². The van der Waals surface area contributed by atoms with Gasteiger partial charge in [-0.2, -0.15) is 0 Å². The van der Waals surface area contributed by atoms with E-state index < -0.39 is 12.1 Å². The number of nitrogens with one attached hydrogen (secondary N) is 2. The first-order valence-electron chi connectivity index (χ1n) is 6.63. The van der Waals surface area contributed by atoms with Crippen LogP contribution >= 0.6 is 12.4 Å². The third-order valence-corrected chi connectivity index (χ3v) is 2.69. The molecule has 0 saturated carbocycles. The van der Waals surface area contributed by atoms with Gasteiger partial charge < -0.3 is 16.4 Å². The first-order chi connectivity index (χ1) is 9.20. The van der Waals surface area contributed by atoms with Crippen LogP contribution in [0.1, 0.15) is 39.3 Å². The first kappa shape index (κ1) is 19.4. The second-order valence-corrected chi connectivity index (χ2v) is 5.86. The van der Waals surface area contributed by atoms with Crippen molar-refractivity contribution >= 4 is 24.2 Å². The third-order valence-electron chi connectivity index (χ3n) is 2.69. The van der Waals surface area contributed by atoms with E-state index in [4.69, 9.17) is 5.73 Å². The SMILES string of the molecule is CC(NC(=O)C(N)c1ccccc1)C(=O)NC(C)(C)C.Cl. The van der Waals surface area contributed by atoms with E-state index >= 15 is 0 Å². The number of halogens is 1. The predicted molar refractivity (Wildman–Crippen MR) is 86.1 cm³/mol. The van der Waals surface area contributed by atoms with Crippen molar-refractivity contribution in [3.63, 3.8) is 0 Å². The zero-order valence-corrected chi connectivity index (χ0v) is 13.7. The molecule has 0 aliphatic carbocycles. The van der Waals surface area contributed by atoms with Gasteiger partial charge in [0.25, 0.3) is 0 Å². The molecule has 0 spiro atoms. The molecule has 5 nitrogen and oxygen atoms in total. The van der Waals surface area contributed by atoms with Crippen LogP contribution in [-0.2, 0) is 9.59 Å². The van der Waals surface area contributed by atoms with E-state index in [1.54, 1.807) is 19.1 Å². The second kappa shape index (κ2) is 8.00. The van der Waals surface area contributed by atoms with Crippen LogP contribution < -0.4 is 16.4 Å². The highest BCUT2D eigenvalue weighted by molar-refractivity contribution is 5.90. The van der Waals surface area contributed by atoms with Crippen LogP contribution in [0, 0.1) is 0 Å². The van der Waals surface area contributed by atoms with Crippen molar-refractivity contribution < 1.29 is 9.59 Å². The van der Waals surface area contributed by atoms with E-state index in [1.807, 2.05) is 39.0 Å². The average molecular weight is 314 g/mol. The molecule has 118 valence electrons. The van der Waals surface area contributed by atoms with E-state index in [1.165, 1.54) is 0 Å². The van der Waals surface area contributed by atoms with Gasteiger partial charge in [-0.25, -0.2) is 0 Å². The number of benzene rings is 1. The van der Waals surface area contributed by atoms with Crippen molar-refractivity contribution in [2.24, 2.45) is 5.73 Å². The largest absolute Gasteiger partial charge is 0.350 e. The summed E-state index contributed by atoms with van der Waals surface area (Å²) in [7, 11) is 0. The van der Waals surface area contributed by atoms with E-state index in [2.05, 4.69) is 10.6 Å².